The monoisotopic (exact) mass is 320 g/mol. The van der Waals surface area contributed by atoms with Crippen LogP contribution in [0.2, 0.25) is 5.32 Å². The Balaban J connectivity index is 1.65. The number of para-hydroxylation sites is 1. The molecule has 0 atom stereocenters. The Kier molecular flexibility index (Phi) is 5.67. The summed E-state index contributed by atoms with van der Waals surface area (Å²) in [6.07, 6.45) is 1.38. The van der Waals surface area contributed by atoms with Gasteiger partial charge in [-0.3, -0.25) is 0 Å². The molecule has 0 unspecified atom stereocenters. The van der Waals surface area contributed by atoms with Gasteiger partial charge in [-0.25, -0.2) is 0 Å². The van der Waals surface area contributed by atoms with Gasteiger partial charge in [-0.1, -0.05) is 0 Å². The topological polar surface area (TPSA) is 26.3 Å². The van der Waals surface area contributed by atoms with Crippen LogP contribution in [0.3, 0.4) is 0 Å². The van der Waals surface area contributed by atoms with Crippen LogP contribution in [-0.4, -0.2) is 20.9 Å². The van der Waals surface area contributed by atoms with Gasteiger partial charge in [0.25, 0.3) is 0 Å². The third kappa shape index (κ3) is 5.29. The summed E-state index contributed by atoms with van der Waals surface area (Å²) in [5, 5.41) is 1.07. The molecule has 19 heavy (non-hydrogen) atoms. The summed E-state index contributed by atoms with van der Waals surface area (Å²) in [7, 11) is 0. The SMILES string of the molecule is O=C(CCC[Se]c1ccccc1)Oc1ccccc1. The molecule has 2 aromatic rings. The van der Waals surface area contributed by atoms with Crippen LogP contribution in [0.4, 0.5) is 0 Å². The van der Waals surface area contributed by atoms with E-state index < -0.39 is 0 Å². The van der Waals surface area contributed by atoms with E-state index in [9.17, 15) is 4.79 Å². The maximum absolute atomic E-state index is 11.6. The summed E-state index contributed by atoms with van der Waals surface area (Å²) >= 11 is 0.453. The Morgan fingerprint density at radius 1 is 0.947 bits per heavy atom. The van der Waals surface area contributed by atoms with E-state index >= 15 is 0 Å². The molecule has 0 saturated heterocycles. The molecule has 0 saturated carbocycles. The Morgan fingerprint density at radius 3 is 2.26 bits per heavy atom. The molecule has 3 heteroatoms. The second-order valence-electron chi connectivity index (χ2n) is 4.05. The van der Waals surface area contributed by atoms with Crippen molar-refractivity contribution in [2.75, 3.05) is 0 Å². The van der Waals surface area contributed by atoms with Crippen LogP contribution in [-0.2, 0) is 4.79 Å². The van der Waals surface area contributed by atoms with E-state index in [0.29, 0.717) is 27.1 Å². The third-order valence-corrected chi connectivity index (χ3v) is 4.82. The average Bonchev–Trinajstić information content (AvgIpc) is 2.46. The first-order valence-electron chi connectivity index (χ1n) is 6.28. The molecule has 0 spiro atoms. The molecule has 0 heterocycles. The van der Waals surface area contributed by atoms with Gasteiger partial charge in [-0.2, -0.15) is 0 Å². The Labute approximate surface area is 120 Å². The summed E-state index contributed by atoms with van der Waals surface area (Å²) in [5.41, 5.74) is 0. The number of esters is 1. The third-order valence-electron chi connectivity index (χ3n) is 2.51. The number of rotatable bonds is 6. The summed E-state index contributed by atoms with van der Waals surface area (Å²) in [6, 6.07) is 19.6. The first kappa shape index (κ1) is 13.9. The van der Waals surface area contributed by atoms with E-state index in [1.165, 1.54) is 4.46 Å². The Bertz CT molecular complexity index is 497. The standard InChI is InChI=1S/C16H16O2Se/c17-16(18-14-8-3-1-4-9-14)12-7-13-19-15-10-5-2-6-11-15/h1-6,8-11H,7,12-13H2. The Morgan fingerprint density at radius 2 is 1.58 bits per heavy atom. The molecule has 0 radical (unpaired) electrons. The number of ether oxygens (including phenoxy) is 1. The van der Waals surface area contributed by atoms with Crippen molar-refractivity contribution < 1.29 is 9.53 Å². The first-order chi connectivity index (χ1) is 9.34. The number of hydrogen-bond acceptors (Lipinski definition) is 2. The predicted molar refractivity (Wildman–Crippen MR) is 77.9 cm³/mol. The van der Waals surface area contributed by atoms with E-state index in [1.807, 2.05) is 24.3 Å². The summed E-state index contributed by atoms with van der Waals surface area (Å²) in [4.78, 5) is 11.6. The van der Waals surface area contributed by atoms with Gasteiger partial charge >= 0.3 is 119 Å². The van der Waals surface area contributed by atoms with Crippen LogP contribution >= 0.6 is 0 Å². The summed E-state index contributed by atoms with van der Waals surface area (Å²) in [6.45, 7) is 0. The van der Waals surface area contributed by atoms with Crippen molar-refractivity contribution in [2.45, 2.75) is 18.2 Å². The normalized spacial score (nSPS) is 10.1. The van der Waals surface area contributed by atoms with Gasteiger partial charge in [0.15, 0.2) is 0 Å². The van der Waals surface area contributed by atoms with Crippen molar-refractivity contribution in [3.63, 3.8) is 0 Å². The fourth-order valence-corrected chi connectivity index (χ4v) is 3.43. The first-order valence-corrected chi connectivity index (χ1v) is 8.35. The van der Waals surface area contributed by atoms with Crippen LogP contribution in [0.25, 0.3) is 0 Å². The maximum atomic E-state index is 11.6. The van der Waals surface area contributed by atoms with E-state index in [1.54, 1.807) is 12.1 Å². The van der Waals surface area contributed by atoms with Gasteiger partial charge < -0.3 is 0 Å². The molecular formula is C16H16O2Se. The van der Waals surface area contributed by atoms with Crippen molar-refractivity contribution in [1.82, 2.24) is 0 Å². The zero-order valence-corrected chi connectivity index (χ0v) is 12.3. The van der Waals surface area contributed by atoms with Crippen molar-refractivity contribution in [3.8, 4) is 5.75 Å². The molecule has 2 rings (SSSR count). The number of carbonyl (C=O) groups is 1. The minimum absolute atomic E-state index is 0.143. The molecule has 0 aliphatic rings. The zero-order valence-electron chi connectivity index (χ0n) is 10.6. The van der Waals surface area contributed by atoms with Gasteiger partial charge in [0, 0.05) is 0 Å². The molecule has 0 aromatic heterocycles. The van der Waals surface area contributed by atoms with Gasteiger partial charge in [0.05, 0.1) is 0 Å². The van der Waals surface area contributed by atoms with E-state index in [-0.39, 0.29) is 5.97 Å². The van der Waals surface area contributed by atoms with Crippen molar-refractivity contribution in [1.29, 1.82) is 0 Å². The minimum atomic E-state index is -0.143. The fraction of sp³-hybridized carbons (Fsp3) is 0.188. The van der Waals surface area contributed by atoms with E-state index in [0.717, 1.165) is 11.7 Å². The second-order valence-corrected chi connectivity index (χ2v) is 6.50. The van der Waals surface area contributed by atoms with Crippen LogP contribution < -0.4 is 9.20 Å². The number of carbonyl (C=O) groups excluding carboxylic acids is 1. The quantitative estimate of drug-likeness (QED) is 0.354. The molecule has 0 bridgehead atoms. The van der Waals surface area contributed by atoms with Gasteiger partial charge in [0.1, 0.15) is 0 Å². The van der Waals surface area contributed by atoms with E-state index in [2.05, 4.69) is 24.3 Å². The van der Waals surface area contributed by atoms with Crippen LogP contribution in [0.1, 0.15) is 12.8 Å². The fourth-order valence-electron chi connectivity index (χ4n) is 1.59. The molecule has 0 fully saturated rings. The van der Waals surface area contributed by atoms with Crippen LogP contribution in [0, 0.1) is 0 Å². The van der Waals surface area contributed by atoms with Crippen molar-refractivity contribution >= 4 is 25.4 Å². The second kappa shape index (κ2) is 7.77. The van der Waals surface area contributed by atoms with Gasteiger partial charge in [0.2, 0.25) is 0 Å². The van der Waals surface area contributed by atoms with Crippen molar-refractivity contribution in [3.05, 3.63) is 60.7 Å². The molecule has 0 N–H and O–H groups in total. The average molecular weight is 319 g/mol. The number of benzene rings is 2. The van der Waals surface area contributed by atoms with Gasteiger partial charge in [-0.05, 0) is 0 Å². The molecule has 0 aliphatic carbocycles. The summed E-state index contributed by atoms with van der Waals surface area (Å²) < 4.78 is 6.62. The molecule has 2 aromatic carbocycles. The zero-order chi connectivity index (χ0) is 13.3. The van der Waals surface area contributed by atoms with Crippen LogP contribution in [0.15, 0.2) is 60.7 Å². The van der Waals surface area contributed by atoms with Gasteiger partial charge in [-0.15, -0.1) is 0 Å². The molecular weight excluding hydrogens is 303 g/mol. The molecule has 2 nitrogen and oxygen atoms in total. The van der Waals surface area contributed by atoms with E-state index in [4.69, 9.17) is 4.74 Å². The molecule has 98 valence electrons. The summed E-state index contributed by atoms with van der Waals surface area (Å²) in [5.74, 6) is 0.483. The molecule has 0 amide bonds. The predicted octanol–water partition coefficient (Wildman–Crippen LogP) is 2.82. The Hall–Kier alpha value is -1.57. The molecule has 0 aliphatic heterocycles. The number of hydrogen-bond donors (Lipinski definition) is 0. The van der Waals surface area contributed by atoms with Crippen LogP contribution in [0.5, 0.6) is 5.75 Å². The van der Waals surface area contributed by atoms with Crippen molar-refractivity contribution in [2.24, 2.45) is 0 Å².